The number of carboxylic acids is 2. The second-order valence-electron chi connectivity index (χ2n) is 4.75. The Labute approximate surface area is 120 Å². The van der Waals surface area contributed by atoms with Crippen LogP contribution >= 0.6 is 0 Å². The van der Waals surface area contributed by atoms with Crippen molar-refractivity contribution in [3.8, 4) is 0 Å². The molecule has 1 saturated carbocycles. The Hall–Kier alpha value is 0.135. The summed E-state index contributed by atoms with van der Waals surface area (Å²) >= 11 is 0. The van der Waals surface area contributed by atoms with Gasteiger partial charge in [0.2, 0.25) is 0 Å². The van der Waals surface area contributed by atoms with Crippen LogP contribution in [0.25, 0.3) is 0 Å². The van der Waals surface area contributed by atoms with Crippen molar-refractivity contribution in [2.45, 2.75) is 33.6 Å². The molecule has 0 radical (unpaired) electrons. The van der Waals surface area contributed by atoms with Gasteiger partial charge in [-0.05, 0) is 18.3 Å². The van der Waals surface area contributed by atoms with Gasteiger partial charge in [0.15, 0.2) is 0 Å². The summed E-state index contributed by atoms with van der Waals surface area (Å²) < 4.78 is 0. The standard InChI is InChI=1S/C10H16O4.2Li/c1-9(2)6(7(11)12)4-5-10(9,3)8(13)14;;/h6H,4-5H2,1-3H3,(H,11,12)(H,13,14);;/q;2*+1/p-2. The number of hydrogen-bond donors (Lipinski definition) is 0. The van der Waals surface area contributed by atoms with Crippen molar-refractivity contribution in [3.63, 3.8) is 0 Å². The van der Waals surface area contributed by atoms with Gasteiger partial charge in [0.25, 0.3) is 0 Å². The summed E-state index contributed by atoms with van der Waals surface area (Å²) in [6.45, 7) is 4.85. The summed E-state index contributed by atoms with van der Waals surface area (Å²) in [6, 6.07) is 0. The number of rotatable bonds is 2. The fourth-order valence-electron chi connectivity index (χ4n) is 2.28. The molecule has 1 fully saturated rings. The normalized spacial score (nSPS) is 31.1. The molecule has 0 saturated heterocycles. The van der Waals surface area contributed by atoms with Crippen LogP contribution < -0.4 is 47.9 Å². The summed E-state index contributed by atoms with van der Waals surface area (Å²) in [6.07, 6.45) is 0.681. The van der Waals surface area contributed by atoms with E-state index in [-0.39, 0.29) is 37.7 Å². The monoisotopic (exact) mass is 212 g/mol. The van der Waals surface area contributed by atoms with Gasteiger partial charge in [-0.1, -0.05) is 20.8 Å². The molecule has 0 spiro atoms. The third-order valence-corrected chi connectivity index (χ3v) is 3.96. The predicted molar refractivity (Wildman–Crippen MR) is 44.6 cm³/mol. The third-order valence-electron chi connectivity index (χ3n) is 3.96. The average molecular weight is 212 g/mol. The summed E-state index contributed by atoms with van der Waals surface area (Å²) in [5.41, 5.74) is -1.89. The first kappa shape index (κ1) is 18.5. The van der Waals surface area contributed by atoms with E-state index in [2.05, 4.69) is 0 Å². The van der Waals surface area contributed by atoms with Crippen LogP contribution in [0.5, 0.6) is 0 Å². The van der Waals surface area contributed by atoms with Crippen LogP contribution in [0, 0.1) is 16.7 Å². The van der Waals surface area contributed by atoms with E-state index in [1.165, 1.54) is 0 Å². The molecule has 0 aromatic rings. The van der Waals surface area contributed by atoms with Gasteiger partial charge >= 0.3 is 37.7 Å². The molecule has 1 aliphatic rings. The molecule has 6 heteroatoms. The molecule has 0 aromatic carbocycles. The van der Waals surface area contributed by atoms with Crippen LogP contribution in [0.4, 0.5) is 0 Å². The third kappa shape index (κ3) is 2.52. The molecule has 1 aliphatic carbocycles. The van der Waals surface area contributed by atoms with E-state index in [1.807, 2.05) is 0 Å². The van der Waals surface area contributed by atoms with Crippen molar-refractivity contribution in [3.05, 3.63) is 0 Å². The molecule has 4 nitrogen and oxygen atoms in total. The zero-order chi connectivity index (χ0) is 11.1. The Morgan fingerprint density at radius 1 is 1.12 bits per heavy atom. The molecule has 80 valence electrons. The van der Waals surface area contributed by atoms with Gasteiger partial charge in [-0.25, -0.2) is 0 Å². The molecule has 2 atom stereocenters. The Bertz CT molecular complexity index is 291. The largest absolute Gasteiger partial charge is 1.00 e. The maximum atomic E-state index is 11.0. The van der Waals surface area contributed by atoms with Gasteiger partial charge in [0, 0.05) is 23.3 Å². The second kappa shape index (κ2) is 5.65. The SMILES string of the molecule is CC1(C(=O)[O-])CCC(C(=O)[O-])C1(C)C.[Li+].[Li+]. The average Bonchev–Trinajstić information content (AvgIpc) is 2.24. The number of hydrogen-bond acceptors (Lipinski definition) is 4. The minimum absolute atomic E-state index is 0. The minimum Gasteiger partial charge on any atom is -0.550 e. The fourth-order valence-corrected chi connectivity index (χ4v) is 2.28. The summed E-state index contributed by atoms with van der Waals surface area (Å²) in [4.78, 5) is 21.8. The quantitative estimate of drug-likeness (QED) is 0.426. The molecule has 16 heavy (non-hydrogen) atoms. The van der Waals surface area contributed by atoms with E-state index in [0.717, 1.165) is 0 Å². The van der Waals surface area contributed by atoms with E-state index in [0.29, 0.717) is 12.8 Å². The first-order chi connectivity index (χ1) is 6.23. The summed E-state index contributed by atoms with van der Waals surface area (Å²) in [7, 11) is 0. The molecule has 0 N–H and O–H groups in total. The smallest absolute Gasteiger partial charge is 0.550 e. The van der Waals surface area contributed by atoms with Crippen LogP contribution in [-0.2, 0) is 9.59 Å². The van der Waals surface area contributed by atoms with Crippen molar-refractivity contribution in [1.29, 1.82) is 0 Å². The number of carbonyl (C=O) groups is 2. The van der Waals surface area contributed by atoms with Gasteiger partial charge in [0.1, 0.15) is 0 Å². The van der Waals surface area contributed by atoms with E-state index >= 15 is 0 Å². The molecular weight excluding hydrogens is 198 g/mol. The Morgan fingerprint density at radius 2 is 1.56 bits per heavy atom. The predicted octanol–water partition coefficient (Wildman–Crippen LogP) is -7.06. The van der Waals surface area contributed by atoms with E-state index in [9.17, 15) is 19.8 Å². The van der Waals surface area contributed by atoms with E-state index < -0.39 is 28.7 Å². The van der Waals surface area contributed by atoms with Gasteiger partial charge in [-0.15, -0.1) is 0 Å². The number of carbonyl (C=O) groups excluding carboxylic acids is 2. The molecule has 0 amide bonds. The maximum Gasteiger partial charge on any atom is 1.00 e. The van der Waals surface area contributed by atoms with E-state index in [1.54, 1.807) is 20.8 Å². The van der Waals surface area contributed by atoms with Crippen molar-refractivity contribution in [2.75, 3.05) is 0 Å². The molecule has 2 unspecified atom stereocenters. The molecule has 1 rings (SSSR count). The van der Waals surface area contributed by atoms with Crippen LogP contribution in [0.3, 0.4) is 0 Å². The first-order valence-corrected chi connectivity index (χ1v) is 4.66. The van der Waals surface area contributed by atoms with Crippen LogP contribution in [-0.4, -0.2) is 11.9 Å². The van der Waals surface area contributed by atoms with Crippen LogP contribution in [0.15, 0.2) is 0 Å². The van der Waals surface area contributed by atoms with Crippen molar-refractivity contribution < 1.29 is 57.5 Å². The van der Waals surface area contributed by atoms with Crippen molar-refractivity contribution in [2.24, 2.45) is 16.7 Å². The van der Waals surface area contributed by atoms with Crippen molar-refractivity contribution >= 4 is 11.9 Å². The zero-order valence-corrected chi connectivity index (χ0v) is 10.6. The van der Waals surface area contributed by atoms with Gasteiger partial charge in [-0.3, -0.25) is 0 Å². The fraction of sp³-hybridized carbons (Fsp3) is 0.800. The van der Waals surface area contributed by atoms with Gasteiger partial charge in [-0.2, -0.15) is 0 Å². The molecule has 0 heterocycles. The van der Waals surface area contributed by atoms with Gasteiger partial charge in [0.05, 0.1) is 0 Å². The number of carboxylic acid groups (broad SMARTS) is 2. The zero-order valence-electron chi connectivity index (χ0n) is 10.6. The Balaban J connectivity index is 0. The van der Waals surface area contributed by atoms with Crippen molar-refractivity contribution in [1.82, 2.24) is 0 Å². The first-order valence-electron chi connectivity index (χ1n) is 4.66. The summed E-state index contributed by atoms with van der Waals surface area (Å²) in [5.74, 6) is -3.04. The second-order valence-corrected chi connectivity index (χ2v) is 4.75. The number of aliphatic carboxylic acids is 2. The molecular formula is C10H14Li2O4. The van der Waals surface area contributed by atoms with E-state index in [4.69, 9.17) is 0 Å². The van der Waals surface area contributed by atoms with Crippen LogP contribution in [0.1, 0.15) is 33.6 Å². The topological polar surface area (TPSA) is 80.3 Å². The Morgan fingerprint density at radius 3 is 1.75 bits per heavy atom. The van der Waals surface area contributed by atoms with Crippen LogP contribution in [0.2, 0.25) is 0 Å². The molecule has 0 bridgehead atoms. The maximum absolute atomic E-state index is 11.0. The molecule has 0 aliphatic heterocycles. The summed E-state index contributed by atoms with van der Waals surface area (Å²) in [5, 5.41) is 21.8. The molecule has 0 aromatic heterocycles. The Kier molecular flexibility index (Phi) is 6.53. The van der Waals surface area contributed by atoms with Gasteiger partial charge < -0.3 is 19.8 Å². The minimum atomic E-state index is -1.17.